The van der Waals surface area contributed by atoms with Crippen molar-refractivity contribution in [2.45, 2.75) is 46.5 Å². The summed E-state index contributed by atoms with van der Waals surface area (Å²) in [6.45, 7) is 6.17. The minimum atomic E-state index is -0.392. The number of hydrogen-bond donors (Lipinski definition) is 0. The van der Waals surface area contributed by atoms with Gasteiger partial charge in [-0.25, -0.2) is 0 Å². The first-order chi connectivity index (χ1) is 8.97. The lowest BCUT2D eigenvalue weighted by Crippen LogP contribution is -2.26. The summed E-state index contributed by atoms with van der Waals surface area (Å²) in [7, 11) is 0. The minimum absolute atomic E-state index is 0.104. The number of esters is 1. The molecule has 0 heterocycles. The zero-order valence-corrected chi connectivity index (χ0v) is 12.8. The van der Waals surface area contributed by atoms with Gasteiger partial charge < -0.3 is 4.74 Å². The van der Waals surface area contributed by atoms with Crippen LogP contribution in [-0.4, -0.2) is 12.6 Å². The van der Waals surface area contributed by atoms with Crippen molar-refractivity contribution >= 4 is 17.6 Å². The van der Waals surface area contributed by atoms with E-state index in [1.54, 1.807) is 0 Å². The molecule has 2 nitrogen and oxygen atoms in total. The van der Waals surface area contributed by atoms with Gasteiger partial charge in [0.1, 0.15) is 0 Å². The SMILES string of the molecule is CCOC(=O)C(C)(C)CCCCc1ccccc1Cl. The lowest BCUT2D eigenvalue weighted by molar-refractivity contribution is -0.153. The highest BCUT2D eigenvalue weighted by Gasteiger charge is 2.28. The Labute approximate surface area is 121 Å². The van der Waals surface area contributed by atoms with Crippen LogP contribution in [0.5, 0.6) is 0 Å². The number of aryl methyl sites for hydroxylation is 1. The molecule has 0 spiro atoms. The van der Waals surface area contributed by atoms with E-state index in [0.29, 0.717) is 6.61 Å². The van der Waals surface area contributed by atoms with E-state index in [-0.39, 0.29) is 5.97 Å². The van der Waals surface area contributed by atoms with Gasteiger partial charge in [-0.3, -0.25) is 4.79 Å². The van der Waals surface area contributed by atoms with Crippen molar-refractivity contribution in [2.24, 2.45) is 5.41 Å². The molecule has 0 bridgehead atoms. The summed E-state index contributed by atoms with van der Waals surface area (Å²) >= 11 is 6.11. The van der Waals surface area contributed by atoms with Crippen molar-refractivity contribution in [2.75, 3.05) is 6.61 Å². The predicted octanol–water partition coefficient (Wildman–Crippen LogP) is 4.64. The van der Waals surface area contributed by atoms with E-state index in [1.807, 2.05) is 39.0 Å². The lowest BCUT2D eigenvalue weighted by atomic mass is 9.87. The van der Waals surface area contributed by atoms with Gasteiger partial charge in [0.05, 0.1) is 12.0 Å². The van der Waals surface area contributed by atoms with Crippen LogP contribution in [0.25, 0.3) is 0 Å². The highest BCUT2D eigenvalue weighted by atomic mass is 35.5. The van der Waals surface area contributed by atoms with Gasteiger partial charge in [-0.05, 0) is 51.7 Å². The van der Waals surface area contributed by atoms with Crippen molar-refractivity contribution in [1.29, 1.82) is 0 Å². The molecule has 0 N–H and O–H groups in total. The molecule has 0 aliphatic rings. The van der Waals surface area contributed by atoms with Gasteiger partial charge in [0.2, 0.25) is 0 Å². The van der Waals surface area contributed by atoms with Gasteiger partial charge in [0.15, 0.2) is 0 Å². The number of benzene rings is 1. The smallest absolute Gasteiger partial charge is 0.311 e. The number of hydrogen-bond acceptors (Lipinski definition) is 2. The van der Waals surface area contributed by atoms with E-state index in [0.717, 1.165) is 30.7 Å². The Balaban J connectivity index is 2.35. The quantitative estimate of drug-likeness (QED) is 0.538. The molecular weight excluding hydrogens is 260 g/mol. The molecule has 0 radical (unpaired) electrons. The summed E-state index contributed by atoms with van der Waals surface area (Å²) in [5.74, 6) is -0.104. The molecule has 106 valence electrons. The normalized spacial score (nSPS) is 11.4. The van der Waals surface area contributed by atoms with E-state index < -0.39 is 5.41 Å². The zero-order chi connectivity index (χ0) is 14.3. The van der Waals surface area contributed by atoms with Crippen molar-refractivity contribution in [1.82, 2.24) is 0 Å². The molecule has 1 aromatic carbocycles. The Morgan fingerprint density at radius 3 is 2.58 bits per heavy atom. The highest BCUT2D eigenvalue weighted by molar-refractivity contribution is 6.31. The first-order valence-corrected chi connectivity index (χ1v) is 7.26. The Hall–Kier alpha value is -1.02. The highest BCUT2D eigenvalue weighted by Crippen LogP contribution is 2.26. The molecule has 0 aromatic heterocycles. The molecule has 0 saturated carbocycles. The zero-order valence-electron chi connectivity index (χ0n) is 12.0. The molecule has 19 heavy (non-hydrogen) atoms. The fourth-order valence-corrected chi connectivity index (χ4v) is 2.24. The van der Waals surface area contributed by atoms with Crippen molar-refractivity contribution in [3.8, 4) is 0 Å². The maximum atomic E-state index is 11.7. The van der Waals surface area contributed by atoms with Gasteiger partial charge in [0.25, 0.3) is 0 Å². The van der Waals surface area contributed by atoms with Crippen LogP contribution in [0.4, 0.5) is 0 Å². The first kappa shape index (κ1) is 16.0. The van der Waals surface area contributed by atoms with Crippen molar-refractivity contribution in [3.05, 3.63) is 34.9 Å². The Kier molecular flexibility index (Phi) is 6.36. The standard InChI is InChI=1S/C16H23ClO2/c1-4-19-15(18)16(2,3)12-8-7-10-13-9-5-6-11-14(13)17/h5-6,9,11H,4,7-8,10,12H2,1-3H3. The van der Waals surface area contributed by atoms with Crippen LogP contribution in [0.2, 0.25) is 5.02 Å². The van der Waals surface area contributed by atoms with Crippen LogP contribution < -0.4 is 0 Å². The summed E-state index contributed by atoms with van der Waals surface area (Å²) < 4.78 is 5.08. The second-order valence-electron chi connectivity index (χ2n) is 5.40. The topological polar surface area (TPSA) is 26.3 Å². The van der Waals surface area contributed by atoms with Crippen LogP contribution in [-0.2, 0) is 16.0 Å². The first-order valence-electron chi connectivity index (χ1n) is 6.88. The van der Waals surface area contributed by atoms with Crippen LogP contribution in [0.3, 0.4) is 0 Å². The third-order valence-electron chi connectivity index (χ3n) is 3.28. The predicted molar refractivity (Wildman–Crippen MR) is 79.4 cm³/mol. The van der Waals surface area contributed by atoms with Crippen LogP contribution in [0, 0.1) is 5.41 Å². The summed E-state index contributed by atoms with van der Waals surface area (Å²) in [4.78, 5) is 11.7. The third kappa shape index (κ3) is 5.23. The number of rotatable bonds is 7. The van der Waals surface area contributed by atoms with E-state index in [4.69, 9.17) is 16.3 Å². The van der Waals surface area contributed by atoms with Gasteiger partial charge in [-0.2, -0.15) is 0 Å². The van der Waals surface area contributed by atoms with Crippen LogP contribution >= 0.6 is 11.6 Å². The molecule has 1 rings (SSSR count). The van der Waals surface area contributed by atoms with Crippen molar-refractivity contribution < 1.29 is 9.53 Å². The number of carbonyl (C=O) groups excluding carboxylic acids is 1. The molecule has 0 atom stereocenters. The van der Waals surface area contributed by atoms with Crippen LogP contribution in [0.15, 0.2) is 24.3 Å². The summed E-state index contributed by atoms with van der Waals surface area (Å²) in [5.41, 5.74) is 0.786. The van der Waals surface area contributed by atoms with E-state index >= 15 is 0 Å². The van der Waals surface area contributed by atoms with E-state index in [1.165, 1.54) is 5.56 Å². The van der Waals surface area contributed by atoms with Gasteiger partial charge in [0, 0.05) is 5.02 Å². The minimum Gasteiger partial charge on any atom is -0.466 e. The third-order valence-corrected chi connectivity index (χ3v) is 3.65. The molecule has 0 amide bonds. The molecular formula is C16H23ClO2. The number of carbonyl (C=O) groups is 1. The van der Waals surface area contributed by atoms with Gasteiger partial charge in [-0.1, -0.05) is 36.2 Å². The van der Waals surface area contributed by atoms with Crippen molar-refractivity contribution in [3.63, 3.8) is 0 Å². The fraction of sp³-hybridized carbons (Fsp3) is 0.562. The molecule has 0 aliphatic carbocycles. The number of ether oxygens (including phenoxy) is 1. The lowest BCUT2D eigenvalue weighted by Gasteiger charge is -2.22. The monoisotopic (exact) mass is 282 g/mol. The largest absolute Gasteiger partial charge is 0.466 e. The molecule has 0 saturated heterocycles. The molecule has 0 fully saturated rings. The number of halogens is 1. The summed E-state index contributed by atoms with van der Waals surface area (Å²) in [6.07, 6.45) is 3.83. The average molecular weight is 283 g/mol. The molecule has 1 aromatic rings. The average Bonchev–Trinajstić information content (AvgIpc) is 2.37. The van der Waals surface area contributed by atoms with Gasteiger partial charge in [-0.15, -0.1) is 0 Å². The molecule has 0 unspecified atom stereocenters. The molecule has 3 heteroatoms. The maximum Gasteiger partial charge on any atom is 0.311 e. The second-order valence-corrected chi connectivity index (χ2v) is 5.81. The number of unbranched alkanes of at least 4 members (excludes halogenated alkanes) is 1. The summed E-state index contributed by atoms with van der Waals surface area (Å²) in [5, 5.41) is 0.826. The fourth-order valence-electron chi connectivity index (χ4n) is 2.01. The Morgan fingerprint density at radius 2 is 1.95 bits per heavy atom. The maximum absolute atomic E-state index is 11.7. The van der Waals surface area contributed by atoms with Gasteiger partial charge >= 0.3 is 5.97 Å². The Bertz CT molecular complexity index is 413. The molecule has 0 aliphatic heterocycles. The van der Waals surface area contributed by atoms with Crippen LogP contribution in [0.1, 0.15) is 45.6 Å². The second kappa shape index (κ2) is 7.54. The van der Waals surface area contributed by atoms with E-state index in [9.17, 15) is 4.79 Å². The summed E-state index contributed by atoms with van der Waals surface area (Å²) in [6, 6.07) is 7.91. The van der Waals surface area contributed by atoms with E-state index in [2.05, 4.69) is 6.07 Å². The Morgan fingerprint density at radius 1 is 1.26 bits per heavy atom.